The van der Waals surface area contributed by atoms with Gasteiger partial charge in [0.1, 0.15) is 5.70 Å². The predicted molar refractivity (Wildman–Crippen MR) is 55.1 cm³/mol. The highest BCUT2D eigenvalue weighted by molar-refractivity contribution is 6.03. The number of amides is 1. The normalized spacial score (nSPS) is 9.33. The fourth-order valence-corrected chi connectivity index (χ4v) is 0.962. The van der Waals surface area contributed by atoms with Crippen LogP contribution in [0.15, 0.2) is 36.5 Å². The highest BCUT2D eigenvalue weighted by atomic mass is 16.4. The number of carbonyl (C=O) groups is 2. The summed E-state index contributed by atoms with van der Waals surface area (Å²) in [6, 6.07) is 6.37. The number of carboxylic acids is 1. The van der Waals surface area contributed by atoms with E-state index in [9.17, 15) is 9.59 Å². The zero-order valence-corrected chi connectivity index (χ0v) is 7.86. The van der Waals surface area contributed by atoms with E-state index >= 15 is 0 Å². The standard InChI is InChI=1S/C10H10N2O3/c1-6(10(14)15)12-9(13)7-4-2-3-5-8(7)11/h2-5H,1,11H2,(H,12,13)(H,14,15). The average Bonchev–Trinajstić information content (AvgIpc) is 2.18. The van der Waals surface area contributed by atoms with Crippen molar-refractivity contribution >= 4 is 17.6 Å². The van der Waals surface area contributed by atoms with Gasteiger partial charge in [0.15, 0.2) is 0 Å². The summed E-state index contributed by atoms with van der Waals surface area (Å²) in [5.41, 5.74) is 5.66. The Hall–Kier alpha value is -2.30. The molecule has 0 saturated carbocycles. The molecule has 1 aromatic rings. The summed E-state index contributed by atoms with van der Waals surface area (Å²) in [6.07, 6.45) is 0. The molecule has 0 fully saturated rings. The molecule has 15 heavy (non-hydrogen) atoms. The lowest BCUT2D eigenvalue weighted by molar-refractivity contribution is -0.132. The lowest BCUT2D eigenvalue weighted by Gasteiger charge is -2.06. The first-order valence-electron chi connectivity index (χ1n) is 4.10. The van der Waals surface area contributed by atoms with Crippen molar-refractivity contribution in [2.75, 3.05) is 5.73 Å². The number of carbonyl (C=O) groups excluding carboxylic acids is 1. The molecule has 78 valence electrons. The Labute approximate surface area is 86.2 Å². The van der Waals surface area contributed by atoms with Gasteiger partial charge in [0.2, 0.25) is 0 Å². The van der Waals surface area contributed by atoms with Crippen molar-refractivity contribution in [1.29, 1.82) is 0 Å². The van der Waals surface area contributed by atoms with Crippen LogP contribution >= 0.6 is 0 Å². The van der Waals surface area contributed by atoms with Crippen LogP contribution in [0.25, 0.3) is 0 Å². The van der Waals surface area contributed by atoms with Gasteiger partial charge in [-0.15, -0.1) is 0 Å². The summed E-state index contributed by atoms with van der Waals surface area (Å²) in [5, 5.41) is 10.6. The molecule has 1 amide bonds. The maximum Gasteiger partial charge on any atom is 0.351 e. The second kappa shape index (κ2) is 4.28. The van der Waals surface area contributed by atoms with Crippen molar-refractivity contribution in [2.24, 2.45) is 0 Å². The molecule has 0 aromatic heterocycles. The molecule has 0 aliphatic heterocycles. The fraction of sp³-hybridized carbons (Fsp3) is 0. The first-order chi connectivity index (χ1) is 7.02. The molecule has 5 nitrogen and oxygen atoms in total. The Bertz CT molecular complexity index is 426. The summed E-state index contributed by atoms with van der Waals surface area (Å²) in [5.74, 6) is -1.86. The molecule has 0 radical (unpaired) electrons. The van der Waals surface area contributed by atoms with E-state index in [4.69, 9.17) is 10.8 Å². The van der Waals surface area contributed by atoms with Crippen LogP contribution in [-0.4, -0.2) is 17.0 Å². The summed E-state index contributed by atoms with van der Waals surface area (Å²) >= 11 is 0. The van der Waals surface area contributed by atoms with E-state index in [1.54, 1.807) is 18.2 Å². The molecule has 0 unspecified atom stereocenters. The molecular weight excluding hydrogens is 196 g/mol. The minimum atomic E-state index is -1.28. The topological polar surface area (TPSA) is 92.4 Å². The number of hydrogen-bond acceptors (Lipinski definition) is 3. The quantitative estimate of drug-likeness (QED) is 0.498. The number of carboxylic acid groups (broad SMARTS) is 1. The Balaban J connectivity index is 2.83. The van der Waals surface area contributed by atoms with Crippen molar-refractivity contribution in [3.05, 3.63) is 42.1 Å². The van der Waals surface area contributed by atoms with Gasteiger partial charge in [-0.3, -0.25) is 4.79 Å². The molecule has 0 atom stereocenters. The molecule has 1 rings (SSSR count). The molecule has 5 heteroatoms. The van der Waals surface area contributed by atoms with E-state index in [0.717, 1.165) is 0 Å². The Morgan fingerprint density at radius 1 is 1.33 bits per heavy atom. The number of nitrogens with one attached hydrogen (secondary N) is 1. The van der Waals surface area contributed by atoms with Gasteiger partial charge in [-0.05, 0) is 12.1 Å². The summed E-state index contributed by atoms with van der Waals surface area (Å²) in [7, 11) is 0. The lowest BCUT2D eigenvalue weighted by Crippen LogP contribution is -2.27. The van der Waals surface area contributed by atoms with Gasteiger partial charge in [0.05, 0.1) is 5.56 Å². The van der Waals surface area contributed by atoms with Gasteiger partial charge in [0.25, 0.3) is 5.91 Å². The Kier molecular flexibility index (Phi) is 3.07. The van der Waals surface area contributed by atoms with Crippen LogP contribution in [0.3, 0.4) is 0 Å². The third-order valence-electron chi connectivity index (χ3n) is 1.73. The fourth-order valence-electron chi connectivity index (χ4n) is 0.962. The molecule has 0 aliphatic rings. The molecule has 0 bridgehead atoms. The number of aliphatic carboxylic acids is 1. The monoisotopic (exact) mass is 206 g/mol. The number of nitrogen functional groups attached to an aromatic ring is 1. The third kappa shape index (κ3) is 2.57. The van der Waals surface area contributed by atoms with Crippen LogP contribution in [-0.2, 0) is 4.79 Å². The van der Waals surface area contributed by atoms with Gasteiger partial charge < -0.3 is 16.2 Å². The smallest absolute Gasteiger partial charge is 0.351 e. The van der Waals surface area contributed by atoms with E-state index in [2.05, 4.69) is 11.9 Å². The van der Waals surface area contributed by atoms with Gasteiger partial charge in [-0.1, -0.05) is 18.7 Å². The Morgan fingerprint density at radius 2 is 1.93 bits per heavy atom. The van der Waals surface area contributed by atoms with Crippen LogP contribution < -0.4 is 11.1 Å². The van der Waals surface area contributed by atoms with E-state index in [1.165, 1.54) is 6.07 Å². The van der Waals surface area contributed by atoms with Crippen molar-refractivity contribution in [2.45, 2.75) is 0 Å². The molecule has 0 saturated heterocycles. The second-order valence-electron chi connectivity index (χ2n) is 2.83. The maximum absolute atomic E-state index is 11.5. The average molecular weight is 206 g/mol. The number of anilines is 1. The largest absolute Gasteiger partial charge is 0.477 e. The minimum Gasteiger partial charge on any atom is -0.477 e. The van der Waals surface area contributed by atoms with Crippen LogP contribution in [0.2, 0.25) is 0 Å². The van der Waals surface area contributed by atoms with Crippen LogP contribution in [0.5, 0.6) is 0 Å². The predicted octanol–water partition coefficient (Wildman–Crippen LogP) is 0.597. The first-order valence-corrected chi connectivity index (χ1v) is 4.10. The van der Waals surface area contributed by atoms with Gasteiger partial charge >= 0.3 is 5.97 Å². The molecule has 0 aliphatic carbocycles. The number of para-hydroxylation sites is 1. The van der Waals surface area contributed by atoms with E-state index in [0.29, 0.717) is 0 Å². The first kappa shape index (κ1) is 10.8. The SMILES string of the molecule is C=C(NC(=O)c1ccccc1N)C(=O)O. The van der Waals surface area contributed by atoms with Gasteiger partial charge in [0, 0.05) is 5.69 Å². The molecule has 4 N–H and O–H groups in total. The number of nitrogens with two attached hydrogens (primary N) is 1. The molecular formula is C10H10N2O3. The third-order valence-corrected chi connectivity index (χ3v) is 1.73. The zero-order chi connectivity index (χ0) is 11.4. The lowest BCUT2D eigenvalue weighted by atomic mass is 10.1. The second-order valence-corrected chi connectivity index (χ2v) is 2.83. The maximum atomic E-state index is 11.5. The van der Waals surface area contributed by atoms with Crippen molar-refractivity contribution < 1.29 is 14.7 Å². The number of hydrogen-bond donors (Lipinski definition) is 3. The van der Waals surface area contributed by atoms with Gasteiger partial charge in [-0.25, -0.2) is 4.79 Å². The molecule has 0 heterocycles. The van der Waals surface area contributed by atoms with Gasteiger partial charge in [-0.2, -0.15) is 0 Å². The highest BCUT2D eigenvalue weighted by Crippen LogP contribution is 2.10. The van der Waals surface area contributed by atoms with Crippen LogP contribution in [0, 0.1) is 0 Å². The van der Waals surface area contributed by atoms with E-state index in [-0.39, 0.29) is 16.9 Å². The van der Waals surface area contributed by atoms with E-state index in [1.807, 2.05) is 0 Å². The molecule has 1 aromatic carbocycles. The summed E-state index contributed by atoms with van der Waals surface area (Å²) in [4.78, 5) is 21.9. The zero-order valence-electron chi connectivity index (χ0n) is 7.86. The van der Waals surface area contributed by atoms with Crippen LogP contribution in [0.1, 0.15) is 10.4 Å². The number of rotatable bonds is 3. The summed E-state index contributed by atoms with van der Waals surface area (Å²) in [6.45, 7) is 3.18. The molecule has 0 spiro atoms. The van der Waals surface area contributed by atoms with Crippen molar-refractivity contribution in [3.63, 3.8) is 0 Å². The van der Waals surface area contributed by atoms with E-state index < -0.39 is 11.9 Å². The van der Waals surface area contributed by atoms with Crippen molar-refractivity contribution in [1.82, 2.24) is 5.32 Å². The van der Waals surface area contributed by atoms with Crippen molar-refractivity contribution in [3.8, 4) is 0 Å². The Morgan fingerprint density at radius 3 is 2.47 bits per heavy atom. The minimum absolute atomic E-state index is 0.222. The number of benzene rings is 1. The van der Waals surface area contributed by atoms with Crippen LogP contribution in [0.4, 0.5) is 5.69 Å². The summed E-state index contributed by atoms with van der Waals surface area (Å²) < 4.78 is 0. The highest BCUT2D eigenvalue weighted by Gasteiger charge is 2.12.